The van der Waals surface area contributed by atoms with Crippen LogP contribution in [0.1, 0.15) is 11.1 Å². The molecule has 5 nitrogen and oxygen atoms in total. The number of ether oxygens (including phenoxy) is 1. The summed E-state index contributed by atoms with van der Waals surface area (Å²) in [5.41, 5.74) is 7.35. The van der Waals surface area contributed by atoms with Gasteiger partial charge in [-0.3, -0.25) is 4.79 Å². The van der Waals surface area contributed by atoms with Crippen LogP contribution in [-0.4, -0.2) is 30.8 Å². The number of methoxy groups -OCH3 is 1. The molecule has 1 aromatic rings. The fourth-order valence-corrected chi connectivity index (χ4v) is 1.49. The molecule has 0 spiro atoms. The van der Waals surface area contributed by atoms with Gasteiger partial charge in [-0.05, 0) is 25.5 Å². The van der Waals surface area contributed by atoms with E-state index in [9.17, 15) is 9.90 Å². The predicted octanol–water partition coefficient (Wildman–Crippen LogP) is 0.921. The molecule has 0 saturated heterocycles. The molecular weight excluding hydrogens is 220 g/mol. The number of phenols is 1. The summed E-state index contributed by atoms with van der Waals surface area (Å²) in [6.07, 6.45) is -0.683. The molecule has 1 rings (SSSR count). The number of amides is 1. The Balaban J connectivity index is 2.89. The summed E-state index contributed by atoms with van der Waals surface area (Å²) >= 11 is 0. The van der Waals surface area contributed by atoms with E-state index in [0.717, 1.165) is 5.56 Å². The molecule has 1 atom stereocenters. The zero-order chi connectivity index (χ0) is 13.0. The third kappa shape index (κ3) is 2.95. The molecule has 94 valence electrons. The van der Waals surface area contributed by atoms with E-state index in [1.54, 1.807) is 26.0 Å². The van der Waals surface area contributed by atoms with Crippen LogP contribution in [0.25, 0.3) is 0 Å². The van der Waals surface area contributed by atoms with E-state index in [-0.39, 0.29) is 18.2 Å². The SMILES string of the molecule is COC(CN)C(=O)Nc1ccc(C)c(O)c1C. The number of anilines is 1. The second kappa shape index (κ2) is 5.65. The Morgan fingerprint density at radius 2 is 2.18 bits per heavy atom. The quantitative estimate of drug-likeness (QED) is 0.728. The van der Waals surface area contributed by atoms with Gasteiger partial charge in [0.2, 0.25) is 0 Å². The van der Waals surface area contributed by atoms with Crippen molar-refractivity contribution in [2.75, 3.05) is 19.0 Å². The van der Waals surface area contributed by atoms with Gasteiger partial charge in [-0.2, -0.15) is 0 Å². The average molecular weight is 238 g/mol. The third-order valence-corrected chi connectivity index (χ3v) is 2.68. The molecule has 0 aliphatic carbocycles. The molecular formula is C12H18N2O3. The van der Waals surface area contributed by atoms with E-state index in [1.807, 2.05) is 0 Å². The number of rotatable bonds is 4. The third-order valence-electron chi connectivity index (χ3n) is 2.68. The molecule has 1 aromatic carbocycles. The maximum Gasteiger partial charge on any atom is 0.254 e. The van der Waals surface area contributed by atoms with E-state index in [1.165, 1.54) is 7.11 Å². The van der Waals surface area contributed by atoms with Crippen molar-refractivity contribution in [3.05, 3.63) is 23.3 Å². The first kappa shape index (κ1) is 13.5. The lowest BCUT2D eigenvalue weighted by molar-refractivity contribution is -0.125. The van der Waals surface area contributed by atoms with E-state index in [0.29, 0.717) is 11.3 Å². The first-order valence-electron chi connectivity index (χ1n) is 5.34. The van der Waals surface area contributed by atoms with Crippen LogP contribution in [0.5, 0.6) is 5.75 Å². The number of phenolic OH excluding ortho intramolecular Hbond substituents is 1. The molecule has 4 N–H and O–H groups in total. The van der Waals surface area contributed by atoms with Crippen LogP contribution < -0.4 is 11.1 Å². The van der Waals surface area contributed by atoms with Gasteiger partial charge in [0, 0.05) is 24.9 Å². The maximum atomic E-state index is 11.7. The van der Waals surface area contributed by atoms with Crippen molar-refractivity contribution in [2.45, 2.75) is 20.0 Å². The number of aryl methyl sites for hydroxylation is 1. The molecule has 0 heterocycles. The zero-order valence-corrected chi connectivity index (χ0v) is 10.3. The van der Waals surface area contributed by atoms with Crippen molar-refractivity contribution in [1.82, 2.24) is 0 Å². The van der Waals surface area contributed by atoms with Gasteiger partial charge in [-0.15, -0.1) is 0 Å². The van der Waals surface area contributed by atoms with Crippen LogP contribution >= 0.6 is 0 Å². The topological polar surface area (TPSA) is 84.6 Å². The van der Waals surface area contributed by atoms with Crippen molar-refractivity contribution in [2.24, 2.45) is 5.73 Å². The standard InChI is InChI=1S/C12H18N2O3/c1-7-4-5-9(8(2)11(7)15)14-12(16)10(6-13)17-3/h4-5,10,15H,6,13H2,1-3H3,(H,14,16). The number of hydrogen-bond acceptors (Lipinski definition) is 4. The van der Waals surface area contributed by atoms with Crippen LogP contribution in [0.15, 0.2) is 12.1 Å². The average Bonchev–Trinajstić information content (AvgIpc) is 2.31. The maximum absolute atomic E-state index is 11.7. The number of benzene rings is 1. The molecule has 0 aliphatic heterocycles. The Morgan fingerprint density at radius 1 is 1.53 bits per heavy atom. The molecule has 0 radical (unpaired) electrons. The lowest BCUT2D eigenvalue weighted by atomic mass is 10.1. The molecule has 1 amide bonds. The summed E-state index contributed by atoms with van der Waals surface area (Å²) in [6.45, 7) is 3.65. The van der Waals surface area contributed by atoms with E-state index in [4.69, 9.17) is 10.5 Å². The Morgan fingerprint density at radius 3 is 2.71 bits per heavy atom. The van der Waals surface area contributed by atoms with Crippen LogP contribution in [0, 0.1) is 13.8 Å². The van der Waals surface area contributed by atoms with Gasteiger partial charge in [0.1, 0.15) is 11.9 Å². The molecule has 0 saturated carbocycles. The molecule has 0 fully saturated rings. The van der Waals surface area contributed by atoms with Gasteiger partial charge in [0.15, 0.2) is 0 Å². The van der Waals surface area contributed by atoms with Crippen molar-refractivity contribution in [3.8, 4) is 5.75 Å². The molecule has 0 aliphatic rings. The number of hydrogen-bond donors (Lipinski definition) is 3. The number of nitrogens with one attached hydrogen (secondary N) is 1. The summed E-state index contributed by atoms with van der Waals surface area (Å²) in [5, 5.41) is 12.4. The molecule has 5 heteroatoms. The van der Waals surface area contributed by atoms with Gasteiger partial charge in [-0.1, -0.05) is 6.07 Å². The summed E-state index contributed by atoms with van der Waals surface area (Å²) in [7, 11) is 1.43. The zero-order valence-electron chi connectivity index (χ0n) is 10.3. The van der Waals surface area contributed by atoms with Crippen LogP contribution in [0.4, 0.5) is 5.69 Å². The summed E-state index contributed by atoms with van der Waals surface area (Å²) in [4.78, 5) is 11.7. The highest BCUT2D eigenvalue weighted by atomic mass is 16.5. The van der Waals surface area contributed by atoms with Crippen molar-refractivity contribution in [1.29, 1.82) is 0 Å². The first-order chi connectivity index (χ1) is 8.01. The van der Waals surface area contributed by atoms with Crippen LogP contribution in [-0.2, 0) is 9.53 Å². The smallest absolute Gasteiger partial charge is 0.254 e. The Bertz CT molecular complexity index is 414. The monoisotopic (exact) mass is 238 g/mol. The number of nitrogens with two attached hydrogens (primary N) is 1. The van der Waals surface area contributed by atoms with Crippen molar-refractivity contribution >= 4 is 11.6 Å². The minimum atomic E-state index is -0.683. The highest BCUT2D eigenvalue weighted by Crippen LogP contribution is 2.28. The summed E-state index contributed by atoms with van der Waals surface area (Å²) in [5.74, 6) is -0.133. The fraction of sp³-hybridized carbons (Fsp3) is 0.417. The molecule has 0 aromatic heterocycles. The number of carbonyl (C=O) groups excluding carboxylic acids is 1. The molecule has 1 unspecified atom stereocenters. The first-order valence-corrected chi connectivity index (χ1v) is 5.34. The van der Waals surface area contributed by atoms with Gasteiger partial charge in [-0.25, -0.2) is 0 Å². The lowest BCUT2D eigenvalue weighted by Gasteiger charge is -2.15. The van der Waals surface area contributed by atoms with Gasteiger partial charge in [0.05, 0.1) is 0 Å². The highest BCUT2D eigenvalue weighted by Gasteiger charge is 2.17. The van der Waals surface area contributed by atoms with Gasteiger partial charge < -0.3 is 20.9 Å². The minimum absolute atomic E-state index is 0.110. The van der Waals surface area contributed by atoms with Crippen LogP contribution in [0.2, 0.25) is 0 Å². The van der Waals surface area contributed by atoms with Crippen LogP contribution in [0.3, 0.4) is 0 Å². The second-order valence-electron chi connectivity index (χ2n) is 3.85. The Labute approximate surface area is 101 Å². The van der Waals surface area contributed by atoms with Gasteiger partial charge >= 0.3 is 0 Å². The summed E-state index contributed by atoms with van der Waals surface area (Å²) in [6, 6.07) is 3.48. The largest absolute Gasteiger partial charge is 0.507 e. The van der Waals surface area contributed by atoms with Crippen molar-refractivity contribution in [3.63, 3.8) is 0 Å². The number of aromatic hydroxyl groups is 1. The summed E-state index contributed by atoms with van der Waals surface area (Å²) < 4.78 is 4.93. The Kier molecular flexibility index (Phi) is 4.48. The van der Waals surface area contributed by atoms with E-state index >= 15 is 0 Å². The fourth-order valence-electron chi connectivity index (χ4n) is 1.49. The normalized spacial score (nSPS) is 12.2. The second-order valence-corrected chi connectivity index (χ2v) is 3.85. The van der Waals surface area contributed by atoms with Gasteiger partial charge in [0.25, 0.3) is 5.91 Å². The van der Waals surface area contributed by atoms with E-state index in [2.05, 4.69) is 5.32 Å². The molecule has 17 heavy (non-hydrogen) atoms. The van der Waals surface area contributed by atoms with E-state index < -0.39 is 6.10 Å². The Hall–Kier alpha value is -1.59. The molecule has 0 bridgehead atoms. The van der Waals surface area contributed by atoms with Crippen molar-refractivity contribution < 1.29 is 14.6 Å². The highest BCUT2D eigenvalue weighted by molar-refractivity contribution is 5.95. The predicted molar refractivity (Wildman–Crippen MR) is 66.1 cm³/mol. The lowest BCUT2D eigenvalue weighted by Crippen LogP contribution is -2.36. The number of carbonyl (C=O) groups is 1. The minimum Gasteiger partial charge on any atom is -0.507 e.